The van der Waals surface area contributed by atoms with Gasteiger partial charge < -0.3 is 9.05 Å². The number of hydrogen-bond acceptors (Lipinski definition) is 3. The summed E-state index contributed by atoms with van der Waals surface area (Å²) in [5.74, 6) is 0.936. The number of phosphoric ester groups is 1. The summed E-state index contributed by atoms with van der Waals surface area (Å²) >= 11 is 0. The van der Waals surface area contributed by atoms with Gasteiger partial charge >= 0.3 is 37.4 Å². The summed E-state index contributed by atoms with van der Waals surface area (Å²) in [6.45, 7) is 25.7. The zero-order chi connectivity index (χ0) is 26.1. The minimum absolute atomic E-state index is 0. The number of fused-ring (bicyclic) bond motifs is 2. The van der Waals surface area contributed by atoms with Crippen LogP contribution in [0.2, 0.25) is 0 Å². The van der Waals surface area contributed by atoms with Crippen LogP contribution in [0.5, 0.6) is 11.5 Å². The van der Waals surface area contributed by atoms with Crippen LogP contribution < -0.4 is 9.05 Å². The molecule has 35 heavy (non-hydrogen) atoms. The Balaban J connectivity index is 0.00000432. The summed E-state index contributed by atoms with van der Waals surface area (Å²) in [6, 6.07) is 8.52. The van der Waals surface area contributed by atoms with Gasteiger partial charge in [0.15, 0.2) is 0 Å². The van der Waals surface area contributed by atoms with Gasteiger partial charge in [-0.3, -0.25) is 4.89 Å². The van der Waals surface area contributed by atoms with Gasteiger partial charge in [0.1, 0.15) is 11.5 Å². The van der Waals surface area contributed by atoms with Gasteiger partial charge in [0.2, 0.25) is 0 Å². The van der Waals surface area contributed by atoms with E-state index in [4.69, 9.17) is 9.05 Å². The monoisotopic (exact) mass is 510 g/mol. The first-order chi connectivity index (χ1) is 15.1. The molecule has 4 nitrogen and oxygen atoms in total. The first-order valence-electron chi connectivity index (χ1n) is 12.2. The van der Waals surface area contributed by atoms with E-state index in [0.29, 0.717) is 17.9 Å². The molecule has 2 aromatic rings. The van der Waals surface area contributed by atoms with Gasteiger partial charge in [-0.1, -0.05) is 107 Å². The maximum absolute atomic E-state index is 13.4. The molecule has 1 N–H and O–H groups in total. The molecule has 0 aromatic heterocycles. The van der Waals surface area contributed by atoms with Crippen molar-refractivity contribution in [3.05, 3.63) is 57.6 Å². The molecular formula is C29H44NaO4P. The van der Waals surface area contributed by atoms with Crippen LogP contribution in [-0.4, -0.2) is 34.5 Å². The van der Waals surface area contributed by atoms with E-state index in [0.717, 1.165) is 22.3 Å². The Morgan fingerprint density at radius 3 is 1.20 bits per heavy atom. The van der Waals surface area contributed by atoms with Crippen molar-refractivity contribution in [1.29, 1.82) is 0 Å². The molecule has 0 saturated carbocycles. The summed E-state index contributed by atoms with van der Waals surface area (Å²) in [5, 5.41) is 0. The Bertz CT molecular complexity index is 1070. The van der Waals surface area contributed by atoms with Gasteiger partial charge in [-0.05, 0) is 43.9 Å². The number of hydrogen-bond donors (Lipinski definition) is 1. The fraction of sp³-hybridized carbons (Fsp3) is 0.586. The average Bonchev–Trinajstić information content (AvgIpc) is 2.58. The summed E-state index contributed by atoms with van der Waals surface area (Å²) in [5.41, 5.74) is 5.31. The van der Waals surface area contributed by atoms with Gasteiger partial charge in [0.05, 0.1) is 0 Å². The second-order valence-corrected chi connectivity index (χ2v) is 15.2. The molecule has 3 rings (SSSR count). The first kappa shape index (κ1) is 30.5. The van der Waals surface area contributed by atoms with Crippen molar-refractivity contribution >= 4 is 37.4 Å². The van der Waals surface area contributed by atoms with E-state index in [1.165, 1.54) is 11.1 Å². The number of rotatable bonds is 0. The molecular weight excluding hydrogens is 466 g/mol. The number of phosphoric acid groups is 1. The normalized spacial score (nSPS) is 16.0. The quantitative estimate of drug-likeness (QED) is 0.292. The Hall–Kier alpha value is -0.770. The summed E-state index contributed by atoms with van der Waals surface area (Å²) < 4.78 is 25.1. The van der Waals surface area contributed by atoms with E-state index >= 15 is 0 Å². The summed E-state index contributed by atoms with van der Waals surface area (Å²) in [4.78, 5) is 10.9. The Morgan fingerprint density at radius 2 is 0.943 bits per heavy atom. The molecule has 0 bridgehead atoms. The second-order valence-electron chi connectivity index (χ2n) is 13.9. The summed E-state index contributed by atoms with van der Waals surface area (Å²) in [7, 11) is -4.43. The van der Waals surface area contributed by atoms with Crippen molar-refractivity contribution in [2.45, 2.75) is 111 Å². The average molecular weight is 511 g/mol. The van der Waals surface area contributed by atoms with Crippen LogP contribution in [0.1, 0.15) is 116 Å². The van der Waals surface area contributed by atoms with Crippen molar-refractivity contribution in [3.63, 3.8) is 0 Å². The first-order valence-corrected chi connectivity index (χ1v) is 13.7. The van der Waals surface area contributed by atoms with Crippen molar-refractivity contribution in [2.24, 2.45) is 0 Å². The topological polar surface area (TPSA) is 55.8 Å². The van der Waals surface area contributed by atoms with Crippen LogP contribution in [0.15, 0.2) is 24.3 Å². The van der Waals surface area contributed by atoms with Crippen molar-refractivity contribution in [3.8, 4) is 11.5 Å². The Labute approximate surface area is 235 Å². The molecule has 0 fully saturated rings. The van der Waals surface area contributed by atoms with E-state index in [-0.39, 0.29) is 51.2 Å². The zero-order valence-corrected chi connectivity index (χ0v) is 24.0. The molecule has 0 atom stereocenters. The van der Waals surface area contributed by atoms with Crippen LogP contribution in [0.4, 0.5) is 0 Å². The van der Waals surface area contributed by atoms with Crippen LogP contribution in [-0.2, 0) is 32.6 Å². The van der Waals surface area contributed by atoms with Gasteiger partial charge in [0, 0.05) is 17.5 Å². The van der Waals surface area contributed by atoms with Gasteiger partial charge in [0.25, 0.3) is 0 Å². The molecule has 0 radical (unpaired) electrons. The SMILES string of the molecule is CC(C)(C)c1cc2c(c(C(C)(C)C)c1)OP(=O)(O)Oc1c(cc(C(C)(C)C)cc1C(C)(C)C)C2.[NaH]. The molecule has 0 aliphatic carbocycles. The van der Waals surface area contributed by atoms with E-state index in [1.54, 1.807) is 0 Å². The predicted octanol–water partition coefficient (Wildman–Crippen LogP) is 7.69. The molecule has 6 heteroatoms. The minimum atomic E-state index is -4.43. The fourth-order valence-electron chi connectivity index (χ4n) is 4.29. The maximum atomic E-state index is 13.4. The zero-order valence-electron chi connectivity index (χ0n) is 23.1. The van der Waals surface area contributed by atoms with Crippen molar-refractivity contribution < 1.29 is 18.5 Å². The third kappa shape index (κ3) is 6.76. The molecule has 0 unspecified atom stereocenters. The van der Waals surface area contributed by atoms with Crippen molar-refractivity contribution in [2.75, 3.05) is 0 Å². The fourth-order valence-corrected chi connectivity index (χ4v) is 5.22. The Morgan fingerprint density at radius 1 is 0.629 bits per heavy atom. The number of benzene rings is 2. The second kappa shape index (κ2) is 9.52. The van der Waals surface area contributed by atoms with Gasteiger partial charge in [-0.2, -0.15) is 0 Å². The third-order valence-electron chi connectivity index (χ3n) is 6.47. The summed E-state index contributed by atoms with van der Waals surface area (Å²) in [6.07, 6.45) is 0.560. The van der Waals surface area contributed by atoms with Crippen LogP contribution >= 0.6 is 7.82 Å². The molecule has 190 valence electrons. The third-order valence-corrected chi connectivity index (χ3v) is 7.30. The van der Waals surface area contributed by atoms with Crippen LogP contribution in [0.25, 0.3) is 0 Å². The molecule has 2 aromatic carbocycles. The van der Waals surface area contributed by atoms with Crippen LogP contribution in [0, 0.1) is 0 Å². The molecule has 0 amide bonds. The Kier molecular flexibility index (Phi) is 8.28. The van der Waals surface area contributed by atoms with Crippen molar-refractivity contribution in [1.82, 2.24) is 0 Å². The van der Waals surface area contributed by atoms with Gasteiger partial charge in [-0.15, -0.1) is 0 Å². The standard InChI is InChI=1S/C29H43O4P.Na.H/c1-26(2,3)20-14-18-13-19-15-21(27(4,5)6)17-23(29(10,11)12)25(19)33-34(30,31)32-24(18)22(16-20)28(7,8)9;;/h14-17H,13H2,1-12H3,(H,30,31);;. The van der Waals surface area contributed by atoms with Gasteiger partial charge in [-0.25, -0.2) is 4.57 Å². The molecule has 1 heterocycles. The molecule has 0 saturated heterocycles. The van der Waals surface area contributed by atoms with E-state index in [9.17, 15) is 9.46 Å². The van der Waals surface area contributed by atoms with Crippen LogP contribution in [0.3, 0.4) is 0 Å². The molecule has 1 aliphatic heterocycles. The van der Waals surface area contributed by atoms with E-state index in [1.807, 2.05) is 0 Å². The molecule has 0 spiro atoms. The van der Waals surface area contributed by atoms with E-state index in [2.05, 4.69) is 107 Å². The predicted molar refractivity (Wildman–Crippen MR) is 149 cm³/mol. The van der Waals surface area contributed by atoms with E-state index < -0.39 is 7.82 Å². The molecule has 1 aliphatic rings.